The second-order valence-corrected chi connectivity index (χ2v) is 7.84. The summed E-state index contributed by atoms with van der Waals surface area (Å²) in [7, 11) is -0.412. The molecular formula is C15H22ClNO3S. The van der Waals surface area contributed by atoms with Crippen molar-refractivity contribution in [3.8, 4) is 5.75 Å². The zero-order chi connectivity index (χ0) is 15.5. The molecule has 0 aliphatic heterocycles. The highest BCUT2D eigenvalue weighted by molar-refractivity contribution is 7.89. The molecule has 1 fully saturated rings. The fourth-order valence-corrected chi connectivity index (χ4v) is 4.38. The summed E-state index contributed by atoms with van der Waals surface area (Å²) in [6.07, 6.45) is 4.63. The minimum atomic E-state index is -3.53. The number of sulfonamides is 1. The molecule has 0 radical (unpaired) electrons. The molecule has 1 saturated carbocycles. The van der Waals surface area contributed by atoms with E-state index in [0.29, 0.717) is 24.1 Å². The molecule has 1 aliphatic carbocycles. The topological polar surface area (TPSA) is 46.6 Å². The number of hydrogen-bond acceptors (Lipinski definition) is 3. The Bertz CT molecular complexity index is 583. The normalized spacial score (nSPS) is 16.6. The van der Waals surface area contributed by atoms with E-state index in [1.807, 2.05) is 0 Å². The van der Waals surface area contributed by atoms with Crippen molar-refractivity contribution < 1.29 is 13.2 Å². The number of halogens is 1. The average Bonchev–Trinajstić information content (AvgIpc) is 2.99. The highest BCUT2D eigenvalue weighted by Crippen LogP contribution is 2.30. The molecule has 6 heteroatoms. The van der Waals surface area contributed by atoms with Gasteiger partial charge in [-0.3, -0.25) is 0 Å². The quantitative estimate of drug-likeness (QED) is 0.752. The number of nitrogens with zero attached hydrogens (tertiary/aromatic N) is 1. The minimum absolute atomic E-state index is 0.208. The first kappa shape index (κ1) is 16.6. The van der Waals surface area contributed by atoms with E-state index in [0.717, 1.165) is 18.4 Å². The van der Waals surface area contributed by atoms with Gasteiger partial charge in [-0.25, -0.2) is 12.7 Å². The van der Waals surface area contributed by atoms with E-state index in [9.17, 15) is 8.42 Å². The number of rotatable bonds is 6. The van der Waals surface area contributed by atoms with Crippen LogP contribution in [0.1, 0.15) is 31.2 Å². The average molecular weight is 332 g/mol. The van der Waals surface area contributed by atoms with Crippen LogP contribution in [0, 0.1) is 5.92 Å². The first-order chi connectivity index (χ1) is 9.98. The van der Waals surface area contributed by atoms with E-state index in [1.165, 1.54) is 24.3 Å². The van der Waals surface area contributed by atoms with Gasteiger partial charge in [0.2, 0.25) is 10.0 Å². The molecule has 0 unspecified atom stereocenters. The van der Waals surface area contributed by atoms with Crippen molar-refractivity contribution in [3.63, 3.8) is 0 Å². The summed E-state index contributed by atoms with van der Waals surface area (Å²) in [6, 6.07) is 4.99. The van der Waals surface area contributed by atoms with Crippen LogP contribution in [0.3, 0.4) is 0 Å². The molecule has 21 heavy (non-hydrogen) atoms. The van der Waals surface area contributed by atoms with Crippen molar-refractivity contribution in [3.05, 3.63) is 23.8 Å². The number of methoxy groups -OCH3 is 1. The Balaban J connectivity index is 2.25. The van der Waals surface area contributed by atoms with Crippen molar-refractivity contribution >= 4 is 21.6 Å². The van der Waals surface area contributed by atoms with E-state index in [4.69, 9.17) is 16.3 Å². The lowest BCUT2D eigenvalue weighted by Gasteiger charge is -2.22. The van der Waals surface area contributed by atoms with Crippen LogP contribution >= 0.6 is 11.6 Å². The predicted octanol–water partition coefficient (Wildman–Crippen LogP) is 3.24. The van der Waals surface area contributed by atoms with Gasteiger partial charge in [0.25, 0.3) is 0 Å². The van der Waals surface area contributed by atoms with Crippen molar-refractivity contribution in [2.75, 3.05) is 20.7 Å². The predicted molar refractivity (Wildman–Crippen MR) is 84.3 cm³/mol. The van der Waals surface area contributed by atoms with E-state index in [-0.39, 0.29) is 4.90 Å². The van der Waals surface area contributed by atoms with Crippen LogP contribution < -0.4 is 4.74 Å². The minimum Gasteiger partial charge on any atom is -0.495 e. The van der Waals surface area contributed by atoms with Crippen molar-refractivity contribution in [2.45, 2.75) is 36.5 Å². The van der Waals surface area contributed by atoms with Crippen molar-refractivity contribution in [2.24, 2.45) is 5.92 Å². The van der Waals surface area contributed by atoms with Gasteiger partial charge in [-0.1, -0.05) is 18.9 Å². The SMILES string of the molecule is COc1cc(CCl)ccc1S(=O)(=O)N(C)CC1CCCC1. The second kappa shape index (κ2) is 6.99. The lowest BCUT2D eigenvalue weighted by atomic mass is 10.1. The highest BCUT2D eigenvalue weighted by Gasteiger charge is 2.28. The number of hydrogen-bond donors (Lipinski definition) is 0. The summed E-state index contributed by atoms with van der Waals surface area (Å²) in [5.74, 6) is 1.15. The largest absolute Gasteiger partial charge is 0.495 e. The molecule has 2 rings (SSSR count). The molecule has 1 aliphatic rings. The molecule has 0 spiro atoms. The van der Waals surface area contributed by atoms with E-state index in [1.54, 1.807) is 25.2 Å². The first-order valence-corrected chi connectivity index (χ1v) is 9.15. The van der Waals surface area contributed by atoms with Gasteiger partial charge in [0, 0.05) is 19.5 Å². The summed E-state index contributed by atoms with van der Waals surface area (Å²) in [5, 5.41) is 0. The summed E-state index contributed by atoms with van der Waals surface area (Å²) < 4.78 is 32.1. The third-order valence-corrected chi connectivity index (χ3v) is 6.23. The van der Waals surface area contributed by atoms with Crippen LogP contribution in [-0.2, 0) is 15.9 Å². The maximum Gasteiger partial charge on any atom is 0.246 e. The molecule has 0 N–H and O–H groups in total. The summed E-state index contributed by atoms with van der Waals surface area (Å²) >= 11 is 5.78. The molecule has 0 atom stereocenters. The third-order valence-electron chi connectivity index (χ3n) is 4.06. The standard InChI is InChI=1S/C15H22ClNO3S/c1-17(11-12-5-3-4-6-12)21(18,19)15-8-7-13(10-16)9-14(15)20-2/h7-9,12H,3-6,10-11H2,1-2H3. The van der Waals surface area contributed by atoms with Crippen LogP contribution in [-0.4, -0.2) is 33.4 Å². The van der Waals surface area contributed by atoms with Crippen LogP contribution in [0.4, 0.5) is 0 Å². The van der Waals surface area contributed by atoms with Gasteiger partial charge in [0.15, 0.2) is 0 Å². The Morgan fingerprint density at radius 2 is 2.00 bits per heavy atom. The van der Waals surface area contributed by atoms with Crippen LogP contribution in [0.5, 0.6) is 5.75 Å². The second-order valence-electron chi connectivity index (χ2n) is 5.55. The maximum absolute atomic E-state index is 12.7. The van der Waals surface area contributed by atoms with E-state index >= 15 is 0 Å². The lowest BCUT2D eigenvalue weighted by molar-refractivity contribution is 0.377. The Kier molecular flexibility index (Phi) is 5.52. The van der Waals surface area contributed by atoms with E-state index < -0.39 is 10.0 Å². The maximum atomic E-state index is 12.7. The molecule has 0 heterocycles. The summed E-state index contributed by atoms with van der Waals surface area (Å²) in [4.78, 5) is 0.208. The molecule has 0 aromatic heterocycles. The molecule has 1 aromatic carbocycles. The van der Waals surface area contributed by atoms with Crippen LogP contribution in [0.25, 0.3) is 0 Å². The Morgan fingerprint density at radius 3 is 2.57 bits per heavy atom. The molecule has 0 saturated heterocycles. The van der Waals surface area contributed by atoms with Gasteiger partial charge in [-0.05, 0) is 36.5 Å². The number of alkyl halides is 1. The lowest BCUT2D eigenvalue weighted by Crippen LogP contribution is -2.31. The Hall–Kier alpha value is -0.780. The smallest absolute Gasteiger partial charge is 0.246 e. The van der Waals surface area contributed by atoms with Crippen LogP contribution in [0.2, 0.25) is 0 Å². The van der Waals surface area contributed by atoms with Gasteiger partial charge in [0.1, 0.15) is 10.6 Å². The highest BCUT2D eigenvalue weighted by atomic mass is 35.5. The summed E-state index contributed by atoms with van der Waals surface area (Å²) in [6.45, 7) is 0.572. The molecule has 4 nitrogen and oxygen atoms in total. The first-order valence-electron chi connectivity index (χ1n) is 7.18. The molecule has 0 amide bonds. The number of ether oxygens (including phenoxy) is 1. The van der Waals surface area contributed by atoms with Crippen LogP contribution in [0.15, 0.2) is 23.1 Å². The zero-order valence-corrected chi connectivity index (χ0v) is 14.1. The fourth-order valence-electron chi connectivity index (χ4n) is 2.83. The molecule has 118 valence electrons. The Labute approximate surface area is 132 Å². The van der Waals surface area contributed by atoms with Crippen molar-refractivity contribution in [1.29, 1.82) is 0 Å². The number of benzene rings is 1. The molecule has 0 bridgehead atoms. The van der Waals surface area contributed by atoms with Crippen molar-refractivity contribution in [1.82, 2.24) is 4.31 Å². The third kappa shape index (κ3) is 3.71. The summed E-state index contributed by atoms with van der Waals surface area (Å²) in [5.41, 5.74) is 0.839. The molecule has 1 aromatic rings. The van der Waals surface area contributed by atoms with Gasteiger partial charge >= 0.3 is 0 Å². The fraction of sp³-hybridized carbons (Fsp3) is 0.600. The molecular weight excluding hydrogens is 310 g/mol. The van der Waals surface area contributed by atoms with Gasteiger partial charge < -0.3 is 4.74 Å². The van der Waals surface area contributed by atoms with Gasteiger partial charge in [0.05, 0.1) is 7.11 Å². The van der Waals surface area contributed by atoms with E-state index in [2.05, 4.69) is 0 Å². The monoisotopic (exact) mass is 331 g/mol. The Morgan fingerprint density at radius 1 is 1.33 bits per heavy atom. The zero-order valence-electron chi connectivity index (χ0n) is 12.5. The van der Waals surface area contributed by atoms with Gasteiger partial charge in [-0.15, -0.1) is 11.6 Å². The van der Waals surface area contributed by atoms with Gasteiger partial charge in [-0.2, -0.15) is 0 Å².